The van der Waals surface area contributed by atoms with Crippen molar-refractivity contribution in [2.45, 2.75) is 19.4 Å². The SMILES string of the molecule is CC(NS(=O)(=O)N(C)CCC#N)c1ccc(F)cc1F. The van der Waals surface area contributed by atoms with Gasteiger partial charge < -0.3 is 0 Å². The van der Waals surface area contributed by atoms with Crippen molar-refractivity contribution >= 4 is 10.2 Å². The van der Waals surface area contributed by atoms with Gasteiger partial charge in [-0.05, 0) is 13.0 Å². The van der Waals surface area contributed by atoms with E-state index < -0.39 is 27.9 Å². The van der Waals surface area contributed by atoms with E-state index in [2.05, 4.69) is 4.72 Å². The molecule has 1 rings (SSSR count). The Morgan fingerprint density at radius 1 is 1.45 bits per heavy atom. The first-order valence-corrected chi connectivity index (χ1v) is 7.27. The quantitative estimate of drug-likeness (QED) is 0.869. The number of nitrogens with zero attached hydrogens (tertiary/aromatic N) is 2. The van der Waals surface area contributed by atoms with Crippen LogP contribution in [-0.4, -0.2) is 26.3 Å². The van der Waals surface area contributed by atoms with Crippen LogP contribution < -0.4 is 4.72 Å². The van der Waals surface area contributed by atoms with E-state index in [0.717, 1.165) is 10.4 Å². The number of benzene rings is 1. The molecule has 0 aliphatic rings. The lowest BCUT2D eigenvalue weighted by Crippen LogP contribution is -2.40. The average Bonchev–Trinajstić information content (AvgIpc) is 2.34. The largest absolute Gasteiger partial charge is 0.279 e. The van der Waals surface area contributed by atoms with Crippen LogP contribution >= 0.6 is 0 Å². The third-order valence-corrected chi connectivity index (χ3v) is 4.36. The number of nitrogens with one attached hydrogen (secondary N) is 1. The number of nitriles is 1. The smallest absolute Gasteiger partial charge is 0.207 e. The topological polar surface area (TPSA) is 73.2 Å². The number of hydrogen-bond acceptors (Lipinski definition) is 3. The molecule has 0 amide bonds. The highest BCUT2D eigenvalue weighted by molar-refractivity contribution is 7.87. The third-order valence-electron chi connectivity index (χ3n) is 2.70. The first kappa shape index (κ1) is 16.5. The van der Waals surface area contributed by atoms with E-state index in [1.54, 1.807) is 0 Å². The van der Waals surface area contributed by atoms with Gasteiger partial charge in [-0.1, -0.05) is 6.07 Å². The Bertz CT molecular complexity index is 614. The minimum atomic E-state index is -3.83. The van der Waals surface area contributed by atoms with Gasteiger partial charge in [0, 0.05) is 37.7 Å². The molecule has 1 N–H and O–H groups in total. The molecule has 1 unspecified atom stereocenters. The Morgan fingerprint density at radius 2 is 2.10 bits per heavy atom. The zero-order valence-electron chi connectivity index (χ0n) is 11.1. The van der Waals surface area contributed by atoms with E-state index >= 15 is 0 Å². The monoisotopic (exact) mass is 303 g/mol. The Labute approximate surface area is 117 Å². The van der Waals surface area contributed by atoms with E-state index in [-0.39, 0.29) is 18.5 Å². The van der Waals surface area contributed by atoms with Gasteiger partial charge in [-0.2, -0.15) is 22.7 Å². The van der Waals surface area contributed by atoms with Crippen molar-refractivity contribution < 1.29 is 17.2 Å². The Hall–Kier alpha value is -1.56. The Balaban J connectivity index is 2.84. The summed E-state index contributed by atoms with van der Waals surface area (Å²) in [6.07, 6.45) is 0.0523. The lowest BCUT2D eigenvalue weighted by molar-refractivity contribution is 0.454. The zero-order valence-corrected chi connectivity index (χ0v) is 11.9. The molecule has 0 aromatic heterocycles. The van der Waals surface area contributed by atoms with E-state index in [9.17, 15) is 17.2 Å². The third kappa shape index (κ3) is 4.23. The summed E-state index contributed by atoms with van der Waals surface area (Å²) in [5.41, 5.74) is 0.0451. The highest BCUT2D eigenvalue weighted by atomic mass is 32.2. The van der Waals surface area contributed by atoms with Gasteiger partial charge in [-0.15, -0.1) is 0 Å². The summed E-state index contributed by atoms with van der Waals surface area (Å²) in [5.74, 6) is -1.55. The Kier molecular flexibility index (Phi) is 5.56. The number of rotatable bonds is 6. The molecule has 1 aromatic carbocycles. The molecule has 8 heteroatoms. The molecular weight excluding hydrogens is 288 g/mol. The fraction of sp³-hybridized carbons (Fsp3) is 0.417. The molecule has 0 fully saturated rings. The van der Waals surface area contributed by atoms with Gasteiger partial charge >= 0.3 is 0 Å². The molecule has 20 heavy (non-hydrogen) atoms. The maximum Gasteiger partial charge on any atom is 0.279 e. The van der Waals surface area contributed by atoms with Crippen molar-refractivity contribution in [3.05, 3.63) is 35.4 Å². The second-order valence-corrected chi connectivity index (χ2v) is 6.05. The molecular formula is C12H15F2N3O2S. The standard InChI is InChI=1S/C12H15F2N3O2S/c1-9(11-5-4-10(13)8-12(11)14)16-20(18,19)17(2)7-3-6-15/h4-5,8-9,16H,3,7H2,1-2H3. The summed E-state index contributed by atoms with van der Waals surface area (Å²) in [5, 5.41) is 8.43. The van der Waals surface area contributed by atoms with E-state index in [1.165, 1.54) is 20.0 Å². The van der Waals surface area contributed by atoms with Crippen LogP contribution in [0.3, 0.4) is 0 Å². The summed E-state index contributed by atoms with van der Waals surface area (Å²) < 4.78 is 53.4. The molecule has 0 saturated heterocycles. The van der Waals surface area contributed by atoms with Gasteiger partial charge in [-0.25, -0.2) is 8.78 Å². The predicted molar refractivity (Wildman–Crippen MR) is 69.7 cm³/mol. The molecule has 5 nitrogen and oxygen atoms in total. The number of hydrogen-bond donors (Lipinski definition) is 1. The van der Waals surface area contributed by atoms with Gasteiger partial charge in [0.25, 0.3) is 10.2 Å². The van der Waals surface area contributed by atoms with Crippen LogP contribution in [-0.2, 0) is 10.2 Å². The highest BCUT2D eigenvalue weighted by Gasteiger charge is 2.22. The normalized spacial score (nSPS) is 13.2. The summed E-state index contributed by atoms with van der Waals surface area (Å²) in [6.45, 7) is 1.48. The van der Waals surface area contributed by atoms with Crippen molar-refractivity contribution in [3.63, 3.8) is 0 Å². The summed E-state index contributed by atoms with van der Waals surface area (Å²) in [7, 11) is -2.52. The summed E-state index contributed by atoms with van der Waals surface area (Å²) in [4.78, 5) is 0. The van der Waals surface area contributed by atoms with Crippen molar-refractivity contribution in [3.8, 4) is 6.07 Å². The van der Waals surface area contributed by atoms with Crippen molar-refractivity contribution in [2.75, 3.05) is 13.6 Å². The van der Waals surface area contributed by atoms with Crippen LogP contribution in [0.5, 0.6) is 0 Å². The van der Waals surface area contributed by atoms with Crippen LogP contribution in [0, 0.1) is 23.0 Å². The van der Waals surface area contributed by atoms with Crippen LogP contribution in [0.4, 0.5) is 8.78 Å². The van der Waals surface area contributed by atoms with E-state index in [0.29, 0.717) is 6.07 Å². The lowest BCUT2D eigenvalue weighted by atomic mass is 10.1. The maximum absolute atomic E-state index is 13.5. The molecule has 0 heterocycles. The first-order valence-electron chi connectivity index (χ1n) is 5.83. The highest BCUT2D eigenvalue weighted by Crippen LogP contribution is 2.18. The van der Waals surface area contributed by atoms with Crippen molar-refractivity contribution in [1.82, 2.24) is 9.03 Å². The van der Waals surface area contributed by atoms with Gasteiger partial charge in [0.05, 0.1) is 6.07 Å². The maximum atomic E-state index is 13.5. The molecule has 0 bridgehead atoms. The Morgan fingerprint density at radius 3 is 2.65 bits per heavy atom. The summed E-state index contributed by atoms with van der Waals surface area (Å²) in [6, 6.07) is 3.92. The molecule has 0 aliphatic carbocycles. The summed E-state index contributed by atoms with van der Waals surface area (Å²) >= 11 is 0. The molecule has 110 valence electrons. The minimum Gasteiger partial charge on any atom is -0.207 e. The van der Waals surface area contributed by atoms with Crippen LogP contribution in [0.1, 0.15) is 24.9 Å². The van der Waals surface area contributed by atoms with Crippen LogP contribution in [0.15, 0.2) is 18.2 Å². The lowest BCUT2D eigenvalue weighted by Gasteiger charge is -2.20. The van der Waals surface area contributed by atoms with Gasteiger partial charge in [0.2, 0.25) is 0 Å². The molecule has 0 saturated carbocycles. The van der Waals surface area contributed by atoms with Crippen LogP contribution in [0.25, 0.3) is 0 Å². The van der Waals surface area contributed by atoms with Crippen LogP contribution in [0.2, 0.25) is 0 Å². The van der Waals surface area contributed by atoms with Gasteiger partial charge in [0.1, 0.15) is 11.6 Å². The second-order valence-electron chi connectivity index (χ2n) is 4.24. The van der Waals surface area contributed by atoms with Gasteiger partial charge in [0.15, 0.2) is 0 Å². The van der Waals surface area contributed by atoms with Crippen molar-refractivity contribution in [1.29, 1.82) is 5.26 Å². The molecule has 0 radical (unpaired) electrons. The minimum absolute atomic E-state index is 0.0322. The van der Waals surface area contributed by atoms with Gasteiger partial charge in [-0.3, -0.25) is 0 Å². The molecule has 0 aliphatic heterocycles. The fourth-order valence-corrected chi connectivity index (χ4v) is 2.64. The molecule has 0 spiro atoms. The predicted octanol–water partition coefficient (Wildman–Crippen LogP) is 1.71. The van der Waals surface area contributed by atoms with E-state index in [1.807, 2.05) is 6.07 Å². The molecule has 1 atom stereocenters. The zero-order chi connectivity index (χ0) is 15.3. The molecule has 1 aromatic rings. The number of halogens is 2. The first-order chi connectivity index (χ1) is 9.27. The van der Waals surface area contributed by atoms with Crippen molar-refractivity contribution in [2.24, 2.45) is 0 Å². The second kappa shape index (κ2) is 6.74. The van der Waals surface area contributed by atoms with E-state index in [4.69, 9.17) is 5.26 Å². The fourth-order valence-electron chi connectivity index (χ4n) is 1.56. The average molecular weight is 303 g/mol.